The van der Waals surface area contributed by atoms with Gasteiger partial charge in [0.2, 0.25) is 5.91 Å². The molecule has 5 rings (SSSR count). The predicted molar refractivity (Wildman–Crippen MR) is 144 cm³/mol. The van der Waals surface area contributed by atoms with Gasteiger partial charge in [0.15, 0.2) is 5.13 Å². The quantitative estimate of drug-likeness (QED) is 0.342. The normalized spacial score (nSPS) is 16.4. The van der Waals surface area contributed by atoms with E-state index in [2.05, 4.69) is 10.3 Å². The smallest absolute Gasteiger partial charge is 0.280 e. The van der Waals surface area contributed by atoms with E-state index in [1.165, 1.54) is 42.5 Å². The van der Waals surface area contributed by atoms with Gasteiger partial charge in [0.05, 0.1) is 21.9 Å². The van der Waals surface area contributed by atoms with E-state index in [0.29, 0.717) is 16.6 Å². The summed E-state index contributed by atoms with van der Waals surface area (Å²) in [4.78, 5) is 17.2. The zero-order valence-electron chi connectivity index (χ0n) is 20.4. The van der Waals surface area contributed by atoms with Crippen molar-refractivity contribution in [2.24, 2.45) is 0 Å². The molecule has 1 N–H and O–H groups in total. The van der Waals surface area contributed by atoms with Crippen LogP contribution in [0.1, 0.15) is 12.8 Å². The second kappa shape index (κ2) is 10.3. The van der Waals surface area contributed by atoms with Gasteiger partial charge in [0.25, 0.3) is 20.0 Å². The zero-order chi connectivity index (χ0) is 27.9. The van der Waals surface area contributed by atoms with Gasteiger partial charge in [0, 0.05) is 0 Å². The molecule has 0 radical (unpaired) electrons. The maximum Gasteiger partial charge on any atom is 0.280 e. The molecule has 14 heteroatoms. The number of likely N-dealkylation sites (N-methyl/N-ethyl adjacent to an activating group) is 1. The molecule has 1 fully saturated rings. The average molecular weight is 593 g/mol. The Morgan fingerprint density at radius 2 is 1.56 bits per heavy atom. The van der Waals surface area contributed by atoms with Crippen LogP contribution < -0.4 is 9.03 Å². The second-order valence-corrected chi connectivity index (χ2v) is 13.6. The molecule has 1 saturated heterocycles. The van der Waals surface area contributed by atoms with Crippen LogP contribution in [-0.4, -0.2) is 52.3 Å². The number of hydrogen-bond acceptors (Lipinski definition) is 8. The fraction of sp³-hybridized carbons (Fsp3) is 0.200. The van der Waals surface area contributed by atoms with Crippen LogP contribution in [0.2, 0.25) is 0 Å². The topological polar surface area (TPSA) is 117 Å². The number of fused-ring (bicyclic) bond motifs is 1. The van der Waals surface area contributed by atoms with Crippen molar-refractivity contribution in [2.75, 3.05) is 22.6 Å². The van der Waals surface area contributed by atoms with Crippen LogP contribution in [-0.2, 0) is 24.8 Å². The van der Waals surface area contributed by atoms with Crippen LogP contribution in [0, 0.1) is 11.6 Å². The van der Waals surface area contributed by atoms with Crippen LogP contribution >= 0.6 is 11.3 Å². The van der Waals surface area contributed by atoms with Gasteiger partial charge in [-0.25, -0.2) is 13.8 Å². The molecule has 1 aromatic heterocycles. The Bertz CT molecular complexity index is 1720. The predicted octanol–water partition coefficient (Wildman–Crippen LogP) is 4.19. The molecule has 1 unspecified atom stereocenters. The lowest BCUT2D eigenvalue weighted by Crippen LogP contribution is -2.37. The van der Waals surface area contributed by atoms with Gasteiger partial charge >= 0.3 is 0 Å². The maximum atomic E-state index is 14.6. The van der Waals surface area contributed by atoms with Crippen LogP contribution in [0.15, 0.2) is 76.5 Å². The summed E-state index contributed by atoms with van der Waals surface area (Å²) in [6.45, 7) is 0.796. The number of hydrogen-bond donors (Lipinski definition) is 1. The number of carbonyl (C=O) groups is 1. The summed E-state index contributed by atoms with van der Waals surface area (Å²) < 4.78 is 84.3. The minimum Gasteiger partial charge on any atom is -0.301 e. The molecule has 39 heavy (non-hydrogen) atoms. The van der Waals surface area contributed by atoms with Crippen molar-refractivity contribution in [3.63, 3.8) is 0 Å². The Labute approximate surface area is 227 Å². The van der Waals surface area contributed by atoms with E-state index in [0.717, 1.165) is 48.6 Å². The number of amides is 1. The van der Waals surface area contributed by atoms with E-state index >= 15 is 0 Å². The zero-order valence-corrected chi connectivity index (χ0v) is 22.9. The minimum absolute atomic E-state index is 0.0156. The number of anilines is 2. The third-order valence-electron chi connectivity index (χ3n) is 6.30. The third-order valence-corrected chi connectivity index (χ3v) is 11.5. The minimum atomic E-state index is -5.09. The fourth-order valence-electron chi connectivity index (χ4n) is 4.40. The lowest BCUT2D eigenvalue weighted by atomic mass is 10.2. The second-order valence-electron chi connectivity index (χ2n) is 8.87. The van der Waals surface area contributed by atoms with Crippen LogP contribution in [0.25, 0.3) is 10.2 Å². The summed E-state index contributed by atoms with van der Waals surface area (Å²) in [5.74, 6) is -2.58. The number of carbonyl (C=O) groups excluding carboxylic acids is 1. The molecule has 0 saturated carbocycles. The fourth-order valence-corrected chi connectivity index (χ4v) is 9.09. The summed E-state index contributed by atoms with van der Waals surface area (Å²) in [5.41, 5.74) is -0.0172. The number of nitrogens with zero attached hydrogens (tertiary/aromatic N) is 3. The highest BCUT2D eigenvalue weighted by molar-refractivity contribution is 8.10. The van der Waals surface area contributed by atoms with Gasteiger partial charge in [-0.15, -0.1) is 0 Å². The monoisotopic (exact) mass is 592 g/mol. The number of thiazole rings is 1. The molecular formula is C25H22F2N4O5S3. The summed E-state index contributed by atoms with van der Waals surface area (Å²) in [6.07, 6.45) is 1.59. The molecule has 2 heterocycles. The highest BCUT2D eigenvalue weighted by Gasteiger charge is 2.40. The molecule has 1 amide bonds. The highest BCUT2D eigenvalue weighted by Crippen LogP contribution is 2.36. The standard InChI is InChI=1S/C25H22F2N4O5S3/c1-30-14-6-9-20(30)24(32)29-25-28-19-13-12-16(15-21(19)37-25)31(38(33,34)22-10-4-2-7-17(22)26)39(35,36)23-11-5-3-8-18(23)27/h2-5,7-8,10-13,15,20H,6,9,14H2,1H3,(H,28,29,32). The first-order chi connectivity index (χ1) is 18.5. The molecule has 3 aromatic carbocycles. The summed E-state index contributed by atoms with van der Waals surface area (Å²) in [5, 5.41) is 3.00. The first kappa shape index (κ1) is 27.1. The largest absolute Gasteiger partial charge is 0.301 e. The molecule has 0 aliphatic carbocycles. The highest BCUT2D eigenvalue weighted by atomic mass is 32.3. The number of halogens is 2. The Morgan fingerprint density at radius 3 is 2.10 bits per heavy atom. The first-order valence-corrected chi connectivity index (χ1v) is 15.4. The van der Waals surface area contributed by atoms with E-state index in [9.17, 15) is 30.4 Å². The summed E-state index contributed by atoms with van der Waals surface area (Å²) in [6, 6.07) is 12.1. The van der Waals surface area contributed by atoms with E-state index in [1.54, 1.807) is 0 Å². The first-order valence-electron chi connectivity index (χ1n) is 11.7. The van der Waals surface area contributed by atoms with Crippen LogP contribution in [0.5, 0.6) is 0 Å². The number of aromatic nitrogens is 1. The molecule has 4 aromatic rings. The van der Waals surface area contributed by atoms with E-state index in [-0.39, 0.29) is 26.5 Å². The molecule has 0 bridgehead atoms. The lowest BCUT2D eigenvalue weighted by molar-refractivity contribution is -0.119. The number of sulfonamides is 2. The summed E-state index contributed by atoms with van der Waals surface area (Å²) >= 11 is 1.01. The van der Waals surface area contributed by atoms with Gasteiger partial charge in [-0.05, 0) is 68.9 Å². The SMILES string of the molecule is CN1CCCC1C(=O)Nc1nc2ccc(N(S(=O)(=O)c3ccccc3F)S(=O)(=O)c3ccccc3F)cc2s1. The van der Waals surface area contributed by atoms with Gasteiger partial charge in [0.1, 0.15) is 21.4 Å². The molecule has 204 valence electrons. The number of likely N-dealkylation sites (tertiary alicyclic amines) is 1. The Balaban J connectivity index is 1.61. The molecule has 1 atom stereocenters. The van der Waals surface area contributed by atoms with Crippen LogP contribution in [0.4, 0.5) is 19.6 Å². The van der Waals surface area contributed by atoms with Gasteiger partial charge in [-0.1, -0.05) is 35.6 Å². The Morgan fingerprint density at radius 1 is 0.974 bits per heavy atom. The van der Waals surface area contributed by atoms with Crippen molar-refractivity contribution in [2.45, 2.75) is 28.7 Å². The molecule has 1 aliphatic rings. The van der Waals surface area contributed by atoms with Crippen molar-refractivity contribution in [1.29, 1.82) is 0 Å². The van der Waals surface area contributed by atoms with E-state index in [1.807, 2.05) is 11.9 Å². The number of benzene rings is 3. The third kappa shape index (κ3) is 5.00. The number of nitrogens with one attached hydrogen (secondary N) is 1. The Hall–Kier alpha value is -3.46. The van der Waals surface area contributed by atoms with Crippen molar-refractivity contribution in [3.05, 3.63) is 78.4 Å². The molecule has 0 spiro atoms. The van der Waals surface area contributed by atoms with E-state index < -0.39 is 41.5 Å². The number of rotatable bonds is 7. The molecule has 1 aliphatic heterocycles. The molecular weight excluding hydrogens is 570 g/mol. The van der Waals surface area contributed by atoms with Gasteiger partial charge < -0.3 is 5.32 Å². The summed E-state index contributed by atoms with van der Waals surface area (Å²) in [7, 11) is -8.34. The van der Waals surface area contributed by atoms with Crippen molar-refractivity contribution < 1.29 is 30.4 Å². The van der Waals surface area contributed by atoms with Gasteiger partial charge in [-0.2, -0.15) is 20.5 Å². The lowest BCUT2D eigenvalue weighted by Gasteiger charge is -2.24. The molecule has 9 nitrogen and oxygen atoms in total. The van der Waals surface area contributed by atoms with Crippen LogP contribution in [0.3, 0.4) is 0 Å². The van der Waals surface area contributed by atoms with Gasteiger partial charge in [-0.3, -0.25) is 9.69 Å². The van der Waals surface area contributed by atoms with Crippen molar-refractivity contribution >= 4 is 58.3 Å². The van der Waals surface area contributed by atoms with E-state index in [4.69, 9.17) is 0 Å². The average Bonchev–Trinajstić information content (AvgIpc) is 3.49. The Kier molecular flexibility index (Phi) is 7.13. The maximum absolute atomic E-state index is 14.6. The van der Waals surface area contributed by atoms with Crippen molar-refractivity contribution in [1.82, 2.24) is 9.88 Å². The van der Waals surface area contributed by atoms with Crippen molar-refractivity contribution in [3.8, 4) is 0 Å².